The summed E-state index contributed by atoms with van der Waals surface area (Å²) >= 11 is 0. The fraction of sp³-hybridized carbons (Fsp3) is 0.412. The third-order valence-corrected chi connectivity index (χ3v) is 4.10. The summed E-state index contributed by atoms with van der Waals surface area (Å²) in [5, 5.41) is 0. The highest BCUT2D eigenvalue weighted by atomic mass is 19.1. The molecule has 0 atom stereocenters. The number of benzene rings is 1. The predicted molar refractivity (Wildman–Crippen MR) is 89.0 cm³/mol. The summed E-state index contributed by atoms with van der Waals surface area (Å²) in [6.07, 6.45) is 0.773. The van der Waals surface area contributed by atoms with E-state index in [-0.39, 0.29) is 0 Å². The van der Waals surface area contributed by atoms with Crippen molar-refractivity contribution in [3.63, 3.8) is 0 Å². The molecule has 0 aliphatic carbocycles. The lowest BCUT2D eigenvalue weighted by Crippen LogP contribution is -2.37. The quantitative estimate of drug-likeness (QED) is 0.882. The first-order valence-corrected chi connectivity index (χ1v) is 7.85. The van der Waals surface area contributed by atoms with Crippen molar-refractivity contribution in [2.45, 2.75) is 20.3 Å². The Morgan fingerprint density at radius 3 is 2.65 bits per heavy atom. The van der Waals surface area contributed by atoms with Gasteiger partial charge in [0, 0.05) is 30.0 Å². The summed E-state index contributed by atoms with van der Waals surface area (Å²) in [6, 6.07) is 4.61. The minimum absolute atomic E-state index is 0.378. The van der Waals surface area contributed by atoms with Crippen LogP contribution in [0.1, 0.15) is 18.2 Å². The molecule has 0 bridgehead atoms. The zero-order chi connectivity index (χ0) is 16.4. The predicted octanol–water partition coefficient (Wildman–Crippen LogP) is 2.57. The molecule has 2 N–H and O–H groups in total. The second kappa shape index (κ2) is 6.50. The van der Waals surface area contributed by atoms with Crippen LogP contribution >= 0.6 is 0 Å². The van der Waals surface area contributed by atoms with Crippen molar-refractivity contribution in [3.8, 4) is 11.4 Å². The molecule has 122 valence electrons. The van der Waals surface area contributed by atoms with Crippen molar-refractivity contribution in [2.75, 3.05) is 36.9 Å². The van der Waals surface area contributed by atoms with Gasteiger partial charge in [0.05, 0.1) is 18.8 Å². The number of hydrogen-bond donors (Lipinski definition) is 1. The zero-order valence-corrected chi connectivity index (χ0v) is 13.5. The van der Waals surface area contributed by atoms with E-state index in [1.165, 1.54) is 6.07 Å². The molecule has 1 aliphatic rings. The normalized spacial score (nSPS) is 15.0. The molecule has 0 unspecified atom stereocenters. The number of ether oxygens (including phenoxy) is 1. The standard InChI is InChI=1S/C17H21FN4O/c1-3-15-11(2)17(22-6-8-23-9-7-22)21-16(20-15)13-5-4-12(19)10-14(13)18/h4-5,10H,3,6-9,19H2,1-2H3. The molecule has 1 fully saturated rings. The summed E-state index contributed by atoms with van der Waals surface area (Å²) in [5.74, 6) is 0.877. The number of nitrogens with two attached hydrogens (primary N) is 1. The average molecular weight is 316 g/mol. The van der Waals surface area contributed by atoms with E-state index in [0.29, 0.717) is 30.3 Å². The number of rotatable bonds is 3. The number of aryl methyl sites for hydroxylation is 1. The lowest BCUT2D eigenvalue weighted by atomic mass is 10.1. The van der Waals surface area contributed by atoms with Crippen molar-refractivity contribution >= 4 is 11.5 Å². The van der Waals surface area contributed by atoms with Crippen molar-refractivity contribution in [2.24, 2.45) is 0 Å². The van der Waals surface area contributed by atoms with E-state index in [0.717, 1.165) is 36.6 Å². The SMILES string of the molecule is CCc1nc(-c2ccc(N)cc2F)nc(N2CCOCC2)c1C. The Labute approximate surface area is 135 Å². The number of nitrogen functional groups attached to an aromatic ring is 1. The van der Waals surface area contributed by atoms with E-state index in [4.69, 9.17) is 10.5 Å². The van der Waals surface area contributed by atoms with Crippen LogP contribution in [0.5, 0.6) is 0 Å². The summed E-state index contributed by atoms with van der Waals surface area (Å²) in [6.45, 7) is 6.98. The van der Waals surface area contributed by atoms with Gasteiger partial charge in [-0.05, 0) is 31.5 Å². The maximum absolute atomic E-state index is 14.3. The van der Waals surface area contributed by atoms with Gasteiger partial charge in [-0.3, -0.25) is 0 Å². The molecule has 0 saturated carbocycles. The Morgan fingerprint density at radius 1 is 1.26 bits per heavy atom. The van der Waals surface area contributed by atoms with Gasteiger partial charge in [0.25, 0.3) is 0 Å². The number of hydrogen-bond acceptors (Lipinski definition) is 5. The Hall–Kier alpha value is -2.21. The van der Waals surface area contributed by atoms with Crippen LogP contribution < -0.4 is 10.6 Å². The van der Waals surface area contributed by atoms with Crippen LogP contribution in [0.4, 0.5) is 15.9 Å². The smallest absolute Gasteiger partial charge is 0.164 e. The van der Waals surface area contributed by atoms with Crippen molar-refractivity contribution in [1.29, 1.82) is 0 Å². The first kappa shape index (κ1) is 15.7. The van der Waals surface area contributed by atoms with Crippen LogP contribution in [0.2, 0.25) is 0 Å². The van der Waals surface area contributed by atoms with E-state index >= 15 is 0 Å². The molecule has 0 amide bonds. The second-order valence-electron chi connectivity index (χ2n) is 5.63. The maximum Gasteiger partial charge on any atom is 0.164 e. The number of nitrogens with zero attached hydrogens (tertiary/aromatic N) is 3. The molecule has 5 nitrogen and oxygen atoms in total. The van der Waals surface area contributed by atoms with Crippen molar-refractivity contribution in [1.82, 2.24) is 9.97 Å². The van der Waals surface area contributed by atoms with E-state index in [1.54, 1.807) is 12.1 Å². The highest BCUT2D eigenvalue weighted by Gasteiger charge is 2.20. The topological polar surface area (TPSA) is 64.3 Å². The Balaban J connectivity index is 2.10. The number of aromatic nitrogens is 2. The molecule has 23 heavy (non-hydrogen) atoms. The van der Waals surface area contributed by atoms with Crippen LogP contribution in [-0.4, -0.2) is 36.3 Å². The molecule has 2 aromatic rings. The molecule has 3 rings (SSSR count). The van der Waals surface area contributed by atoms with Gasteiger partial charge in [-0.15, -0.1) is 0 Å². The largest absolute Gasteiger partial charge is 0.399 e. The van der Waals surface area contributed by atoms with Crippen LogP contribution in [0.3, 0.4) is 0 Å². The van der Waals surface area contributed by atoms with Gasteiger partial charge in [0.15, 0.2) is 5.82 Å². The fourth-order valence-corrected chi connectivity index (χ4v) is 2.81. The molecule has 1 aromatic carbocycles. The third kappa shape index (κ3) is 3.12. The molecule has 6 heteroatoms. The molecule has 1 saturated heterocycles. The molecule has 1 aliphatic heterocycles. The summed E-state index contributed by atoms with van der Waals surface area (Å²) in [4.78, 5) is 11.4. The van der Waals surface area contributed by atoms with E-state index in [9.17, 15) is 4.39 Å². The molecule has 2 heterocycles. The molecule has 1 aromatic heterocycles. The van der Waals surface area contributed by atoms with Crippen LogP contribution in [0, 0.1) is 12.7 Å². The van der Waals surface area contributed by atoms with Gasteiger partial charge in [-0.2, -0.15) is 0 Å². The minimum atomic E-state index is -0.399. The fourth-order valence-electron chi connectivity index (χ4n) is 2.81. The molecular weight excluding hydrogens is 295 g/mol. The number of anilines is 2. The van der Waals surface area contributed by atoms with Crippen LogP contribution in [0.25, 0.3) is 11.4 Å². The molecule has 0 radical (unpaired) electrons. The van der Waals surface area contributed by atoms with Crippen molar-refractivity contribution in [3.05, 3.63) is 35.3 Å². The summed E-state index contributed by atoms with van der Waals surface area (Å²) < 4.78 is 19.7. The van der Waals surface area contributed by atoms with Gasteiger partial charge >= 0.3 is 0 Å². The van der Waals surface area contributed by atoms with E-state index < -0.39 is 5.82 Å². The zero-order valence-electron chi connectivity index (χ0n) is 13.5. The lowest BCUT2D eigenvalue weighted by molar-refractivity contribution is 0.122. The van der Waals surface area contributed by atoms with E-state index in [2.05, 4.69) is 14.9 Å². The highest BCUT2D eigenvalue weighted by molar-refractivity contribution is 5.63. The van der Waals surface area contributed by atoms with Gasteiger partial charge in [-0.1, -0.05) is 6.92 Å². The number of morpholine rings is 1. The Bertz CT molecular complexity index is 714. The first-order valence-electron chi connectivity index (χ1n) is 7.85. The highest BCUT2D eigenvalue weighted by Crippen LogP contribution is 2.28. The molecule has 0 spiro atoms. The summed E-state index contributed by atoms with van der Waals surface area (Å²) in [5.41, 5.74) is 8.39. The molecular formula is C17H21FN4O. The monoisotopic (exact) mass is 316 g/mol. The lowest BCUT2D eigenvalue weighted by Gasteiger charge is -2.29. The van der Waals surface area contributed by atoms with Crippen molar-refractivity contribution < 1.29 is 9.13 Å². The minimum Gasteiger partial charge on any atom is -0.399 e. The number of halogens is 1. The van der Waals surface area contributed by atoms with Gasteiger partial charge in [0.1, 0.15) is 11.6 Å². The maximum atomic E-state index is 14.3. The van der Waals surface area contributed by atoms with E-state index in [1.807, 2.05) is 13.8 Å². The van der Waals surface area contributed by atoms with Gasteiger partial charge in [0.2, 0.25) is 0 Å². The first-order chi connectivity index (χ1) is 11.1. The Kier molecular flexibility index (Phi) is 4.43. The average Bonchev–Trinajstić information content (AvgIpc) is 2.56. The van der Waals surface area contributed by atoms with Crippen LogP contribution in [-0.2, 0) is 11.2 Å². The Morgan fingerprint density at radius 2 is 2.00 bits per heavy atom. The second-order valence-corrected chi connectivity index (χ2v) is 5.63. The third-order valence-electron chi connectivity index (χ3n) is 4.10. The van der Waals surface area contributed by atoms with Gasteiger partial charge < -0.3 is 15.4 Å². The van der Waals surface area contributed by atoms with Gasteiger partial charge in [-0.25, -0.2) is 14.4 Å². The van der Waals surface area contributed by atoms with Crippen LogP contribution in [0.15, 0.2) is 18.2 Å². The summed E-state index contributed by atoms with van der Waals surface area (Å²) in [7, 11) is 0.